The average Bonchev–Trinajstić information content (AvgIpc) is 3.02. The largest absolute Gasteiger partial charge is 0.381 e. The smallest absolute Gasteiger partial charge is 0.125 e. The van der Waals surface area contributed by atoms with E-state index in [1.807, 2.05) is 6.92 Å². The van der Waals surface area contributed by atoms with Crippen molar-refractivity contribution in [3.05, 3.63) is 0 Å². The molecule has 29 heavy (non-hydrogen) atoms. The Bertz CT molecular complexity index is 509. The van der Waals surface area contributed by atoms with Crippen molar-refractivity contribution in [2.45, 2.75) is 97.0 Å². The fourth-order valence-electron chi connectivity index (χ4n) is 7.29. The van der Waals surface area contributed by atoms with Gasteiger partial charge in [0.25, 0.3) is 0 Å². The quantitative estimate of drug-likeness (QED) is 0.322. The summed E-state index contributed by atoms with van der Waals surface area (Å²) in [4.78, 5) is 11.5. The summed E-state index contributed by atoms with van der Waals surface area (Å²) in [5, 5.41) is 0. The van der Waals surface area contributed by atoms with Crippen LogP contribution in [0.15, 0.2) is 0 Å². The average molecular weight is 423 g/mol. The minimum atomic E-state index is 0.0558. The molecule has 2 saturated carbocycles. The highest BCUT2D eigenvalue weighted by Gasteiger charge is 2.49. The maximum atomic E-state index is 11.5. The monoisotopic (exact) mass is 422 g/mol. The molecule has 2 nitrogen and oxygen atoms in total. The summed E-state index contributed by atoms with van der Waals surface area (Å²) in [7, 11) is 1.98. The third kappa shape index (κ3) is 5.85. The molecule has 0 amide bonds. The van der Waals surface area contributed by atoms with Gasteiger partial charge in [-0.25, -0.2) is 0 Å². The summed E-state index contributed by atoms with van der Waals surface area (Å²) in [6, 6.07) is 0. The molecule has 3 heteroatoms. The van der Waals surface area contributed by atoms with Gasteiger partial charge in [-0.15, -0.1) is 7.92 Å². The SMILES string of the molecule is COC(C)C(C=O)CCCC1CCC2C3CC[C@@H](CCCCP(C)C3)CCC12C. The molecule has 3 rings (SSSR count). The normalized spacial score (nSPS) is 40.5. The van der Waals surface area contributed by atoms with Crippen LogP contribution >= 0.6 is 7.92 Å². The fourth-order valence-corrected chi connectivity index (χ4v) is 9.48. The van der Waals surface area contributed by atoms with E-state index in [-0.39, 0.29) is 19.9 Å². The molecule has 0 spiro atoms. The highest BCUT2D eigenvalue weighted by molar-refractivity contribution is 7.56. The molecule has 0 N–H and O–H groups in total. The van der Waals surface area contributed by atoms with Crippen molar-refractivity contribution in [1.29, 1.82) is 0 Å². The Hall–Kier alpha value is 0.0600. The molecule has 2 bridgehead atoms. The van der Waals surface area contributed by atoms with Crippen molar-refractivity contribution in [2.24, 2.45) is 35.0 Å². The van der Waals surface area contributed by atoms with E-state index in [1.54, 1.807) is 13.3 Å². The standard InChI is InChI=1S/C26H47O2P/c1-20(28-3)22(18-27)9-7-10-24-13-14-25-23-12-11-21(15-16-26(24,25)2)8-5-6-17-29(4)19-23/h18,20-25H,5-17,19H2,1-4H3/t20?,21-,22?,23?,24?,25?,26?,29?/m1/s1. The van der Waals surface area contributed by atoms with E-state index in [1.165, 1.54) is 76.8 Å². The van der Waals surface area contributed by atoms with Crippen LogP contribution < -0.4 is 0 Å². The fraction of sp³-hybridized carbons (Fsp3) is 0.962. The maximum Gasteiger partial charge on any atom is 0.125 e. The van der Waals surface area contributed by atoms with Crippen molar-refractivity contribution in [2.75, 3.05) is 26.1 Å². The van der Waals surface area contributed by atoms with Crippen molar-refractivity contribution < 1.29 is 9.53 Å². The molecule has 3 fully saturated rings. The van der Waals surface area contributed by atoms with Crippen molar-refractivity contribution in [3.63, 3.8) is 0 Å². The van der Waals surface area contributed by atoms with E-state index < -0.39 is 0 Å². The van der Waals surface area contributed by atoms with E-state index in [2.05, 4.69) is 13.6 Å². The summed E-state index contributed by atoms with van der Waals surface area (Å²) < 4.78 is 5.42. The molecule has 1 saturated heterocycles. The second-order valence-corrected chi connectivity index (χ2v) is 13.6. The molecule has 0 aromatic rings. The molecule has 0 aromatic carbocycles. The lowest BCUT2D eigenvalue weighted by molar-refractivity contribution is -0.115. The Morgan fingerprint density at radius 2 is 1.97 bits per heavy atom. The molecule has 0 aromatic heterocycles. The van der Waals surface area contributed by atoms with Gasteiger partial charge in [0, 0.05) is 13.0 Å². The van der Waals surface area contributed by atoms with Gasteiger partial charge in [-0.3, -0.25) is 0 Å². The van der Waals surface area contributed by atoms with Gasteiger partial charge in [-0.05, 0) is 106 Å². The Morgan fingerprint density at radius 3 is 2.72 bits per heavy atom. The zero-order valence-corrected chi connectivity index (χ0v) is 20.6. The lowest BCUT2D eigenvalue weighted by Gasteiger charge is -2.45. The van der Waals surface area contributed by atoms with E-state index in [9.17, 15) is 4.79 Å². The van der Waals surface area contributed by atoms with E-state index >= 15 is 0 Å². The lowest BCUT2D eigenvalue weighted by Crippen LogP contribution is -2.37. The highest BCUT2D eigenvalue weighted by atomic mass is 31.1. The second-order valence-electron chi connectivity index (χ2n) is 11.1. The summed E-state index contributed by atoms with van der Waals surface area (Å²) in [5.74, 6) is 3.92. The van der Waals surface area contributed by atoms with Gasteiger partial charge in [0.1, 0.15) is 6.29 Å². The number of ether oxygens (including phenoxy) is 1. The van der Waals surface area contributed by atoms with Gasteiger partial charge in [-0.2, -0.15) is 0 Å². The molecule has 8 atom stereocenters. The first-order valence-corrected chi connectivity index (χ1v) is 14.8. The van der Waals surface area contributed by atoms with Crippen LogP contribution in [0.25, 0.3) is 0 Å². The minimum absolute atomic E-state index is 0.0558. The summed E-state index contributed by atoms with van der Waals surface area (Å²) in [6.07, 6.45) is 21.2. The number of fused-ring (bicyclic) bond motifs is 5. The Morgan fingerprint density at radius 1 is 1.14 bits per heavy atom. The van der Waals surface area contributed by atoms with Crippen LogP contribution in [0.3, 0.4) is 0 Å². The van der Waals surface area contributed by atoms with Crippen LogP contribution in [0.2, 0.25) is 0 Å². The van der Waals surface area contributed by atoms with Crippen LogP contribution in [-0.2, 0) is 9.53 Å². The number of carbonyl (C=O) groups excluding carboxylic acids is 1. The second kappa shape index (κ2) is 11.1. The number of rotatable bonds is 7. The van der Waals surface area contributed by atoms with Crippen molar-refractivity contribution in [1.82, 2.24) is 0 Å². The summed E-state index contributed by atoms with van der Waals surface area (Å²) in [5.41, 5.74) is 0.558. The molecular weight excluding hydrogens is 375 g/mol. The molecule has 3 aliphatic rings. The number of carbonyl (C=O) groups is 1. The Labute approximate surface area is 182 Å². The highest BCUT2D eigenvalue weighted by Crippen LogP contribution is 2.59. The molecular formula is C26H47O2P. The van der Waals surface area contributed by atoms with E-state index in [4.69, 9.17) is 4.74 Å². The predicted molar refractivity (Wildman–Crippen MR) is 126 cm³/mol. The molecule has 2 aliphatic carbocycles. The number of hydrogen-bond acceptors (Lipinski definition) is 2. The van der Waals surface area contributed by atoms with E-state index in [0.29, 0.717) is 5.41 Å². The van der Waals surface area contributed by atoms with Crippen LogP contribution in [0.4, 0.5) is 0 Å². The summed E-state index contributed by atoms with van der Waals surface area (Å²) >= 11 is 0. The first-order chi connectivity index (χ1) is 14.0. The van der Waals surface area contributed by atoms with Gasteiger partial charge in [-0.1, -0.05) is 32.6 Å². The lowest BCUT2D eigenvalue weighted by atomic mass is 9.62. The minimum Gasteiger partial charge on any atom is -0.381 e. The van der Waals surface area contributed by atoms with Gasteiger partial charge < -0.3 is 9.53 Å². The molecule has 7 unspecified atom stereocenters. The van der Waals surface area contributed by atoms with E-state index in [0.717, 1.165) is 36.4 Å². The number of aldehydes is 1. The van der Waals surface area contributed by atoms with Crippen LogP contribution in [0.1, 0.15) is 90.9 Å². The summed E-state index contributed by atoms with van der Waals surface area (Å²) in [6.45, 7) is 7.31. The molecule has 0 radical (unpaired) electrons. The predicted octanol–water partition coefficient (Wildman–Crippen LogP) is 7.14. The van der Waals surface area contributed by atoms with Crippen LogP contribution in [0, 0.1) is 35.0 Å². The zero-order chi connectivity index (χ0) is 20.9. The third-order valence-electron chi connectivity index (χ3n) is 9.40. The first-order valence-electron chi connectivity index (χ1n) is 12.6. The van der Waals surface area contributed by atoms with Crippen LogP contribution in [0.5, 0.6) is 0 Å². The number of methoxy groups -OCH3 is 1. The van der Waals surface area contributed by atoms with Gasteiger partial charge >= 0.3 is 0 Å². The van der Waals surface area contributed by atoms with Crippen LogP contribution in [-0.4, -0.2) is 38.5 Å². The van der Waals surface area contributed by atoms with Crippen molar-refractivity contribution in [3.8, 4) is 0 Å². The van der Waals surface area contributed by atoms with Gasteiger partial charge in [0.15, 0.2) is 0 Å². The zero-order valence-electron chi connectivity index (χ0n) is 19.7. The van der Waals surface area contributed by atoms with Gasteiger partial charge in [0.05, 0.1) is 6.10 Å². The molecule has 1 heterocycles. The van der Waals surface area contributed by atoms with Gasteiger partial charge in [0.2, 0.25) is 0 Å². The van der Waals surface area contributed by atoms with Crippen molar-refractivity contribution >= 4 is 14.2 Å². The number of hydrogen-bond donors (Lipinski definition) is 0. The molecule has 1 aliphatic heterocycles. The first kappa shape index (κ1) is 23.7. The third-order valence-corrected chi connectivity index (χ3v) is 11.6. The Balaban J connectivity index is 1.66. The molecule has 168 valence electrons. The maximum absolute atomic E-state index is 11.5. The Kier molecular flexibility index (Phi) is 9.06. The topological polar surface area (TPSA) is 26.3 Å².